The number of amides is 2. The molecule has 160 valence electrons. The van der Waals surface area contributed by atoms with Crippen LogP contribution in [0.15, 0.2) is 72.2 Å². The van der Waals surface area contributed by atoms with E-state index in [1.165, 1.54) is 16.2 Å². The van der Waals surface area contributed by atoms with Gasteiger partial charge in [0, 0.05) is 22.7 Å². The highest BCUT2D eigenvalue weighted by Gasteiger charge is 2.34. The van der Waals surface area contributed by atoms with Crippen LogP contribution < -0.4 is 10.2 Å². The third kappa shape index (κ3) is 3.56. The third-order valence-electron chi connectivity index (χ3n) is 5.83. The lowest BCUT2D eigenvalue weighted by Crippen LogP contribution is -2.30. The van der Waals surface area contributed by atoms with Gasteiger partial charge in [-0.25, -0.2) is 4.99 Å². The van der Waals surface area contributed by atoms with E-state index >= 15 is 0 Å². The first-order valence-corrected chi connectivity index (χ1v) is 11.6. The fourth-order valence-electron chi connectivity index (χ4n) is 4.36. The van der Waals surface area contributed by atoms with Gasteiger partial charge >= 0.3 is 0 Å². The molecule has 1 aromatic heterocycles. The van der Waals surface area contributed by atoms with Crippen LogP contribution in [0.25, 0.3) is 0 Å². The maximum Gasteiger partial charge on any atom is 0.277 e. The zero-order valence-corrected chi connectivity index (χ0v) is 18.5. The van der Waals surface area contributed by atoms with Gasteiger partial charge in [0.05, 0.1) is 11.3 Å². The van der Waals surface area contributed by atoms with Gasteiger partial charge in [-0.1, -0.05) is 42.5 Å². The van der Waals surface area contributed by atoms with Crippen LogP contribution in [0, 0.1) is 0 Å². The summed E-state index contributed by atoms with van der Waals surface area (Å²) in [6.07, 6.45) is 5.68. The summed E-state index contributed by atoms with van der Waals surface area (Å²) in [7, 11) is 0. The maximum absolute atomic E-state index is 13.4. The van der Waals surface area contributed by atoms with Crippen molar-refractivity contribution in [1.29, 1.82) is 0 Å². The van der Waals surface area contributed by atoms with Crippen molar-refractivity contribution >= 4 is 45.2 Å². The second-order valence-corrected chi connectivity index (χ2v) is 8.98. The molecular weight excluding hydrogens is 418 g/mol. The minimum Gasteiger partial charge on any atom is -0.322 e. The van der Waals surface area contributed by atoms with E-state index < -0.39 is 0 Å². The third-order valence-corrected chi connectivity index (χ3v) is 7.02. The molecule has 0 fully saturated rings. The molecule has 32 heavy (non-hydrogen) atoms. The van der Waals surface area contributed by atoms with E-state index in [0.717, 1.165) is 48.2 Å². The molecule has 0 spiro atoms. The van der Waals surface area contributed by atoms with Gasteiger partial charge in [-0.2, -0.15) is 0 Å². The molecule has 5 nitrogen and oxygen atoms in total. The van der Waals surface area contributed by atoms with E-state index in [9.17, 15) is 9.59 Å². The number of para-hydroxylation sites is 2. The summed E-state index contributed by atoms with van der Waals surface area (Å²) in [6.45, 7) is 4.19. The molecule has 3 aromatic rings. The van der Waals surface area contributed by atoms with Crippen LogP contribution in [0.4, 0.5) is 16.4 Å². The first kappa shape index (κ1) is 20.4. The average Bonchev–Trinajstić information content (AvgIpc) is 3.31. The Morgan fingerprint density at radius 1 is 1.09 bits per heavy atom. The van der Waals surface area contributed by atoms with Crippen molar-refractivity contribution in [2.24, 2.45) is 4.99 Å². The molecule has 2 aromatic carbocycles. The smallest absolute Gasteiger partial charge is 0.277 e. The van der Waals surface area contributed by atoms with Gasteiger partial charge in [0.25, 0.3) is 11.8 Å². The Kier molecular flexibility index (Phi) is 5.45. The standard InChI is InChI=1S/C26H23N3O2S/c1-2-16-29-20-14-8-6-12-18(20)23(26(29)31)28-25-22(19-13-7-9-15-21(19)32-25)24(30)27-17-10-4-3-5-11-17/h2-6,8,10-12,14H,1,7,9,13,15-16H2,(H,27,30). The minimum atomic E-state index is -0.170. The van der Waals surface area contributed by atoms with Crippen molar-refractivity contribution in [3.63, 3.8) is 0 Å². The molecule has 1 aliphatic carbocycles. The minimum absolute atomic E-state index is 0.160. The molecule has 0 saturated carbocycles. The molecule has 0 saturated heterocycles. The van der Waals surface area contributed by atoms with Crippen molar-refractivity contribution in [1.82, 2.24) is 0 Å². The number of hydrogen-bond acceptors (Lipinski definition) is 4. The molecule has 2 amide bonds. The van der Waals surface area contributed by atoms with Crippen LogP contribution in [0.2, 0.25) is 0 Å². The predicted octanol–water partition coefficient (Wildman–Crippen LogP) is 5.53. The highest BCUT2D eigenvalue weighted by molar-refractivity contribution is 7.16. The molecule has 5 rings (SSSR count). The van der Waals surface area contributed by atoms with Gasteiger partial charge < -0.3 is 10.2 Å². The van der Waals surface area contributed by atoms with E-state index in [1.807, 2.05) is 54.6 Å². The lowest BCUT2D eigenvalue weighted by molar-refractivity contribution is -0.112. The van der Waals surface area contributed by atoms with Crippen LogP contribution in [-0.2, 0) is 17.6 Å². The predicted molar refractivity (Wildman–Crippen MR) is 131 cm³/mol. The first-order valence-electron chi connectivity index (χ1n) is 10.8. The summed E-state index contributed by atoms with van der Waals surface area (Å²) in [5.41, 5.74) is 4.43. The summed E-state index contributed by atoms with van der Waals surface area (Å²) in [4.78, 5) is 34.3. The molecule has 2 heterocycles. The highest BCUT2D eigenvalue weighted by Crippen LogP contribution is 2.41. The van der Waals surface area contributed by atoms with Crippen LogP contribution >= 0.6 is 11.3 Å². The van der Waals surface area contributed by atoms with Crippen molar-refractivity contribution in [2.45, 2.75) is 25.7 Å². The molecule has 1 N–H and O–H groups in total. The van der Waals surface area contributed by atoms with Crippen LogP contribution in [-0.4, -0.2) is 24.1 Å². The lowest BCUT2D eigenvalue weighted by Gasteiger charge is -2.13. The van der Waals surface area contributed by atoms with Crippen LogP contribution in [0.3, 0.4) is 0 Å². The number of benzene rings is 2. The van der Waals surface area contributed by atoms with Gasteiger partial charge in [0.15, 0.2) is 0 Å². The molecule has 0 unspecified atom stereocenters. The quantitative estimate of drug-likeness (QED) is 0.529. The summed E-state index contributed by atoms with van der Waals surface area (Å²) in [5.74, 6) is -0.330. The number of hydrogen-bond donors (Lipinski definition) is 1. The molecular formula is C26H23N3O2S. The number of nitrogens with one attached hydrogen (secondary N) is 1. The Hall–Kier alpha value is -3.51. The second kappa shape index (κ2) is 8.55. The van der Waals surface area contributed by atoms with Crippen LogP contribution in [0.5, 0.6) is 0 Å². The van der Waals surface area contributed by atoms with E-state index in [0.29, 0.717) is 22.8 Å². The fourth-order valence-corrected chi connectivity index (χ4v) is 5.62. The molecule has 1 aliphatic heterocycles. The number of nitrogens with zero attached hydrogens (tertiary/aromatic N) is 2. The zero-order valence-electron chi connectivity index (χ0n) is 17.6. The summed E-state index contributed by atoms with van der Waals surface area (Å²) >= 11 is 1.54. The Bertz CT molecular complexity index is 1240. The number of carbonyl (C=O) groups excluding carboxylic acids is 2. The average molecular weight is 442 g/mol. The second-order valence-electron chi connectivity index (χ2n) is 7.89. The van der Waals surface area contributed by atoms with E-state index in [2.05, 4.69) is 11.9 Å². The number of carbonyl (C=O) groups is 2. The van der Waals surface area contributed by atoms with Crippen LogP contribution in [0.1, 0.15) is 39.2 Å². The fraction of sp³-hybridized carbons (Fsp3) is 0.192. The van der Waals surface area contributed by atoms with Crippen molar-refractivity contribution in [3.8, 4) is 0 Å². The number of aliphatic imine (C=N–C) groups is 1. The van der Waals surface area contributed by atoms with Crippen molar-refractivity contribution in [3.05, 3.63) is 88.8 Å². The van der Waals surface area contributed by atoms with Crippen molar-refractivity contribution < 1.29 is 9.59 Å². The first-order chi connectivity index (χ1) is 15.7. The van der Waals surface area contributed by atoms with E-state index in [-0.39, 0.29) is 11.8 Å². The normalized spacial score (nSPS) is 16.1. The van der Waals surface area contributed by atoms with Gasteiger partial charge in [-0.15, -0.1) is 17.9 Å². The number of thiophene rings is 1. The molecule has 6 heteroatoms. The largest absolute Gasteiger partial charge is 0.322 e. The Morgan fingerprint density at radius 2 is 1.84 bits per heavy atom. The van der Waals surface area contributed by atoms with E-state index in [4.69, 9.17) is 4.99 Å². The number of aryl methyl sites for hydroxylation is 1. The van der Waals surface area contributed by atoms with Gasteiger partial charge in [-0.3, -0.25) is 9.59 Å². The Labute approximate surface area is 191 Å². The van der Waals surface area contributed by atoms with Crippen molar-refractivity contribution in [2.75, 3.05) is 16.8 Å². The monoisotopic (exact) mass is 441 g/mol. The van der Waals surface area contributed by atoms with Gasteiger partial charge in [0.1, 0.15) is 10.7 Å². The van der Waals surface area contributed by atoms with Gasteiger partial charge in [0.2, 0.25) is 0 Å². The topological polar surface area (TPSA) is 61.8 Å². The highest BCUT2D eigenvalue weighted by atomic mass is 32.1. The SMILES string of the molecule is C=CCN1C(=O)C(=Nc2sc3c(c2C(=O)Nc2ccccc2)CCCC3)c2ccccc21. The summed E-state index contributed by atoms with van der Waals surface area (Å²) in [5, 5.41) is 3.62. The molecule has 0 atom stereocenters. The van der Waals surface area contributed by atoms with E-state index in [1.54, 1.807) is 11.0 Å². The number of anilines is 2. The Morgan fingerprint density at radius 3 is 2.66 bits per heavy atom. The van der Waals surface area contributed by atoms with Gasteiger partial charge in [-0.05, 0) is 49.4 Å². The number of rotatable bonds is 5. The summed E-state index contributed by atoms with van der Waals surface area (Å²) in [6, 6.07) is 17.1. The molecule has 2 aliphatic rings. The molecule has 0 radical (unpaired) electrons. The lowest BCUT2D eigenvalue weighted by atomic mass is 9.95. The Balaban J connectivity index is 1.60. The molecule has 0 bridgehead atoms. The zero-order chi connectivity index (χ0) is 22.1. The number of fused-ring (bicyclic) bond motifs is 2. The summed E-state index contributed by atoms with van der Waals surface area (Å²) < 4.78 is 0. The maximum atomic E-state index is 13.4.